The van der Waals surface area contributed by atoms with Gasteiger partial charge in [0, 0.05) is 16.8 Å². The van der Waals surface area contributed by atoms with Gasteiger partial charge in [0.25, 0.3) is 0 Å². The molecule has 0 unspecified atom stereocenters. The minimum Gasteiger partial charge on any atom is -0.288 e. The Kier molecular flexibility index (Phi) is 3.41. The Bertz CT molecular complexity index is 577. The lowest BCUT2D eigenvalue weighted by Crippen LogP contribution is -2.03. The molecule has 0 fully saturated rings. The third-order valence-electron chi connectivity index (χ3n) is 2.08. The molecular weight excluding hydrogens is 287 g/mol. The first kappa shape index (κ1) is 13.0. The van der Waals surface area contributed by atoms with Gasteiger partial charge in [0.1, 0.15) is 0 Å². The number of hydrogen-bond acceptors (Lipinski definition) is 3. The van der Waals surface area contributed by atoms with Gasteiger partial charge in [-0.1, -0.05) is 11.6 Å². The minimum atomic E-state index is -4.52. The van der Waals surface area contributed by atoms with Crippen LogP contribution in [0.15, 0.2) is 30.5 Å². The Hall–Kier alpha value is -1.40. The highest BCUT2D eigenvalue weighted by atomic mass is 35.5. The third-order valence-corrected chi connectivity index (χ3v) is 3.37. The number of alkyl halides is 3. The minimum absolute atomic E-state index is 0.0513. The van der Waals surface area contributed by atoms with Gasteiger partial charge in [-0.15, -0.1) is 11.3 Å². The predicted molar refractivity (Wildman–Crippen MR) is 62.0 cm³/mol. The predicted octanol–water partition coefficient (Wildman–Crippen LogP) is 4.05. The first-order chi connectivity index (χ1) is 8.38. The number of nitrogens with zero attached hydrogens (tertiary/aromatic N) is 1. The standard InChI is InChI=1S/C11H5ClF3NOS/c12-7-3-1-6(2-4-7)9(17)8-5-16-10(18-8)11(13,14)15/h1-5H. The summed E-state index contributed by atoms with van der Waals surface area (Å²) in [5.74, 6) is -0.500. The van der Waals surface area contributed by atoms with E-state index in [1.54, 1.807) is 0 Å². The van der Waals surface area contributed by atoms with E-state index in [-0.39, 0.29) is 10.4 Å². The lowest BCUT2D eigenvalue weighted by molar-refractivity contribution is -0.137. The van der Waals surface area contributed by atoms with Gasteiger partial charge < -0.3 is 0 Å². The molecule has 0 aliphatic heterocycles. The molecule has 94 valence electrons. The Morgan fingerprint density at radius 1 is 1.22 bits per heavy atom. The molecule has 7 heteroatoms. The van der Waals surface area contributed by atoms with Gasteiger partial charge in [0.15, 0.2) is 5.01 Å². The highest BCUT2D eigenvalue weighted by molar-refractivity contribution is 7.13. The quantitative estimate of drug-likeness (QED) is 0.782. The van der Waals surface area contributed by atoms with Crippen molar-refractivity contribution in [2.45, 2.75) is 6.18 Å². The van der Waals surface area contributed by atoms with Gasteiger partial charge in [-0.25, -0.2) is 4.98 Å². The van der Waals surface area contributed by atoms with Crippen LogP contribution in [0, 0.1) is 0 Å². The second-order valence-electron chi connectivity index (χ2n) is 3.36. The topological polar surface area (TPSA) is 30.0 Å². The maximum absolute atomic E-state index is 12.3. The van der Waals surface area contributed by atoms with Crippen LogP contribution in [0.5, 0.6) is 0 Å². The molecule has 18 heavy (non-hydrogen) atoms. The third kappa shape index (κ3) is 2.70. The van der Waals surface area contributed by atoms with Crippen molar-refractivity contribution < 1.29 is 18.0 Å². The maximum Gasteiger partial charge on any atom is 0.443 e. The number of ketones is 1. The second kappa shape index (κ2) is 4.70. The molecule has 0 radical (unpaired) electrons. The average Bonchev–Trinajstić information content (AvgIpc) is 2.78. The van der Waals surface area contributed by atoms with Crippen molar-refractivity contribution in [1.29, 1.82) is 0 Å². The molecule has 0 aliphatic carbocycles. The molecule has 2 nitrogen and oxygen atoms in total. The molecule has 0 aliphatic rings. The van der Waals surface area contributed by atoms with Crippen molar-refractivity contribution in [3.05, 3.63) is 50.9 Å². The molecule has 1 aromatic carbocycles. The average molecular weight is 292 g/mol. The first-order valence-corrected chi connectivity index (χ1v) is 5.90. The summed E-state index contributed by atoms with van der Waals surface area (Å²) in [5.41, 5.74) is 0.275. The Labute approximate surface area is 109 Å². The summed E-state index contributed by atoms with van der Waals surface area (Å²) >= 11 is 5.98. The van der Waals surface area contributed by atoms with Gasteiger partial charge in [-0.05, 0) is 24.3 Å². The van der Waals surface area contributed by atoms with Crippen LogP contribution in [-0.2, 0) is 6.18 Å². The van der Waals surface area contributed by atoms with Gasteiger partial charge in [0.2, 0.25) is 5.78 Å². The van der Waals surface area contributed by atoms with Crippen LogP contribution in [0.3, 0.4) is 0 Å². The number of benzene rings is 1. The number of carbonyl (C=O) groups is 1. The molecule has 0 bridgehead atoms. The van der Waals surface area contributed by atoms with Crippen LogP contribution in [0.25, 0.3) is 0 Å². The lowest BCUT2D eigenvalue weighted by atomic mass is 10.1. The van der Waals surface area contributed by atoms with E-state index in [1.165, 1.54) is 24.3 Å². The number of hydrogen-bond donors (Lipinski definition) is 0. The molecule has 2 aromatic rings. The molecule has 0 atom stereocenters. The molecule has 0 N–H and O–H groups in total. The molecule has 0 saturated heterocycles. The van der Waals surface area contributed by atoms with Crippen molar-refractivity contribution in [2.24, 2.45) is 0 Å². The monoisotopic (exact) mass is 291 g/mol. The summed E-state index contributed by atoms with van der Waals surface area (Å²) in [6.07, 6.45) is -3.59. The van der Waals surface area contributed by atoms with E-state index < -0.39 is 17.0 Å². The van der Waals surface area contributed by atoms with Gasteiger partial charge >= 0.3 is 6.18 Å². The number of aromatic nitrogens is 1. The van der Waals surface area contributed by atoms with Crippen LogP contribution in [0.2, 0.25) is 5.02 Å². The number of thiazole rings is 1. The van der Waals surface area contributed by atoms with E-state index in [9.17, 15) is 18.0 Å². The van der Waals surface area contributed by atoms with E-state index in [0.717, 1.165) is 6.20 Å². The van der Waals surface area contributed by atoms with Gasteiger partial charge in [-0.3, -0.25) is 4.79 Å². The van der Waals surface area contributed by atoms with Gasteiger partial charge in [-0.2, -0.15) is 13.2 Å². The van der Waals surface area contributed by atoms with E-state index in [0.29, 0.717) is 16.4 Å². The van der Waals surface area contributed by atoms with E-state index in [1.807, 2.05) is 0 Å². The Morgan fingerprint density at radius 2 is 1.83 bits per heavy atom. The zero-order chi connectivity index (χ0) is 13.3. The van der Waals surface area contributed by atoms with E-state index >= 15 is 0 Å². The van der Waals surface area contributed by atoms with Gasteiger partial charge in [0.05, 0.1) is 4.88 Å². The van der Waals surface area contributed by atoms with Crippen molar-refractivity contribution >= 4 is 28.7 Å². The molecule has 0 amide bonds. The largest absolute Gasteiger partial charge is 0.443 e. The molecule has 0 spiro atoms. The summed E-state index contributed by atoms with van der Waals surface area (Å²) in [6, 6.07) is 5.91. The fourth-order valence-corrected chi connectivity index (χ4v) is 2.13. The van der Waals surface area contributed by atoms with E-state index in [4.69, 9.17) is 11.6 Å². The number of rotatable bonds is 2. The zero-order valence-electron chi connectivity index (χ0n) is 8.66. The zero-order valence-corrected chi connectivity index (χ0v) is 10.2. The van der Waals surface area contributed by atoms with Crippen LogP contribution in [0.1, 0.15) is 20.2 Å². The summed E-state index contributed by atoms with van der Waals surface area (Å²) in [7, 11) is 0. The highest BCUT2D eigenvalue weighted by Gasteiger charge is 2.35. The smallest absolute Gasteiger partial charge is 0.288 e. The second-order valence-corrected chi connectivity index (χ2v) is 4.83. The molecular formula is C11H5ClF3NOS. The van der Waals surface area contributed by atoms with Crippen LogP contribution in [0.4, 0.5) is 13.2 Å². The van der Waals surface area contributed by atoms with Crippen LogP contribution < -0.4 is 0 Å². The Balaban J connectivity index is 2.29. The normalized spacial score (nSPS) is 11.6. The fourth-order valence-electron chi connectivity index (χ4n) is 1.25. The van der Waals surface area contributed by atoms with E-state index in [2.05, 4.69) is 4.98 Å². The number of halogens is 4. The van der Waals surface area contributed by atoms with Crippen molar-refractivity contribution in [2.75, 3.05) is 0 Å². The van der Waals surface area contributed by atoms with Crippen molar-refractivity contribution in [3.8, 4) is 0 Å². The summed E-state index contributed by atoms with van der Waals surface area (Å²) in [4.78, 5) is 15.0. The molecule has 1 heterocycles. The van der Waals surface area contributed by atoms with Crippen molar-refractivity contribution in [3.63, 3.8) is 0 Å². The first-order valence-electron chi connectivity index (χ1n) is 4.71. The fraction of sp³-hybridized carbons (Fsp3) is 0.0909. The SMILES string of the molecule is O=C(c1ccc(Cl)cc1)c1cnc(C(F)(F)F)s1. The molecule has 2 rings (SSSR count). The van der Waals surface area contributed by atoms with Crippen molar-refractivity contribution in [1.82, 2.24) is 4.98 Å². The summed E-state index contributed by atoms with van der Waals surface area (Å²) in [6.45, 7) is 0. The molecule has 0 saturated carbocycles. The lowest BCUT2D eigenvalue weighted by Gasteiger charge is -1.99. The number of carbonyl (C=O) groups excluding carboxylic acids is 1. The van der Waals surface area contributed by atoms with Crippen LogP contribution in [-0.4, -0.2) is 10.8 Å². The maximum atomic E-state index is 12.3. The Morgan fingerprint density at radius 3 is 2.33 bits per heavy atom. The summed E-state index contributed by atoms with van der Waals surface area (Å²) in [5, 5.41) is -0.577. The summed E-state index contributed by atoms with van der Waals surface area (Å²) < 4.78 is 37.0. The van der Waals surface area contributed by atoms with Crippen LogP contribution >= 0.6 is 22.9 Å². The molecule has 1 aromatic heterocycles. The highest BCUT2D eigenvalue weighted by Crippen LogP contribution is 2.33.